The Morgan fingerprint density at radius 3 is 2.67 bits per heavy atom. The third kappa shape index (κ3) is 4.90. The van der Waals surface area contributed by atoms with Gasteiger partial charge in [-0.05, 0) is 24.6 Å². The Kier molecular flexibility index (Phi) is 4.36. The molecule has 0 bridgehead atoms. The smallest absolute Gasteiger partial charge is 0.374 e. The highest BCUT2D eigenvalue weighted by Gasteiger charge is 2.21. The van der Waals surface area contributed by atoms with Crippen LogP contribution in [0, 0.1) is 0 Å². The van der Waals surface area contributed by atoms with Crippen LogP contribution in [0.15, 0.2) is 30.3 Å². The van der Waals surface area contributed by atoms with Crippen LogP contribution in [0.2, 0.25) is 0 Å². The van der Waals surface area contributed by atoms with E-state index in [2.05, 4.69) is 5.32 Å². The molecule has 0 fully saturated rings. The van der Waals surface area contributed by atoms with Crippen LogP contribution < -0.4 is 11.1 Å². The first-order chi connectivity index (χ1) is 8.28. The number of nitrogens with two attached hydrogens (primary N) is 1. The Morgan fingerprint density at radius 1 is 1.44 bits per heavy atom. The van der Waals surface area contributed by atoms with Gasteiger partial charge in [-0.15, -0.1) is 0 Å². The minimum Gasteiger partial charge on any atom is -0.374 e. The van der Waals surface area contributed by atoms with Crippen molar-refractivity contribution in [3.8, 4) is 0 Å². The van der Waals surface area contributed by atoms with E-state index in [0.717, 1.165) is 6.08 Å². The van der Waals surface area contributed by atoms with Gasteiger partial charge >= 0.3 is 6.18 Å². The average molecular weight is 258 g/mol. The van der Waals surface area contributed by atoms with Crippen molar-refractivity contribution in [3.63, 3.8) is 0 Å². The zero-order chi connectivity index (χ0) is 13.8. The molecule has 6 heteroatoms. The van der Waals surface area contributed by atoms with E-state index in [4.69, 9.17) is 5.73 Å². The maximum Gasteiger partial charge on any atom is 0.409 e. The molecule has 1 atom stereocenters. The molecule has 1 amide bonds. The molecule has 1 aromatic carbocycles. The van der Waals surface area contributed by atoms with Crippen molar-refractivity contribution in [2.75, 3.05) is 5.32 Å². The van der Waals surface area contributed by atoms with E-state index in [-0.39, 0.29) is 6.08 Å². The van der Waals surface area contributed by atoms with Crippen LogP contribution in [-0.4, -0.2) is 18.1 Å². The first-order valence-electron chi connectivity index (χ1n) is 5.20. The van der Waals surface area contributed by atoms with Gasteiger partial charge in [0, 0.05) is 11.8 Å². The lowest BCUT2D eigenvalue weighted by molar-refractivity contribution is -0.118. The van der Waals surface area contributed by atoms with Crippen LogP contribution in [0.1, 0.15) is 12.5 Å². The van der Waals surface area contributed by atoms with Crippen molar-refractivity contribution in [2.45, 2.75) is 19.1 Å². The van der Waals surface area contributed by atoms with E-state index in [1.807, 2.05) is 0 Å². The third-order valence-corrected chi connectivity index (χ3v) is 2.16. The van der Waals surface area contributed by atoms with Crippen molar-refractivity contribution in [1.29, 1.82) is 0 Å². The number of anilines is 1. The van der Waals surface area contributed by atoms with Crippen LogP contribution >= 0.6 is 0 Å². The van der Waals surface area contributed by atoms with Gasteiger partial charge in [0.15, 0.2) is 0 Å². The largest absolute Gasteiger partial charge is 0.409 e. The zero-order valence-electron chi connectivity index (χ0n) is 9.66. The summed E-state index contributed by atoms with van der Waals surface area (Å²) in [4.78, 5) is 10.8. The fourth-order valence-corrected chi connectivity index (χ4v) is 1.24. The summed E-state index contributed by atoms with van der Waals surface area (Å²) in [6, 6.07) is 5.67. The maximum atomic E-state index is 12.0. The lowest BCUT2D eigenvalue weighted by Gasteiger charge is -2.11. The summed E-state index contributed by atoms with van der Waals surface area (Å²) in [7, 11) is 0. The minimum absolute atomic E-state index is 0.156. The lowest BCUT2D eigenvalue weighted by atomic mass is 10.1. The van der Waals surface area contributed by atoms with Gasteiger partial charge in [0.05, 0.1) is 0 Å². The van der Waals surface area contributed by atoms with Gasteiger partial charge in [0.25, 0.3) is 0 Å². The third-order valence-electron chi connectivity index (χ3n) is 2.16. The van der Waals surface area contributed by atoms with E-state index >= 15 is 0 Å². The van der Waals surface area contributed by atoms with Crippen molar-refractivity contribution in [3.05, 3.63) is 35.9 Å². The second kappa shape index (κ2) is 5.57. The lowest BCUT2D eigenvalue weighted by Crippen LogP contribution is -2.32. The topological polar surface area (TPSA) is 55.1 Å². The first-order valence-corrected chi connectivity index (χ1v) is 5.20. The molecule has 0 spiro atoms. The molecule has 0 aromatic heterocycles. The number of benzene rings is 1. The van der Waals surface area contributed by atoms with Gasteiger partial charge in [0.1, 0.15) is 6.04 Å². The normalized spacial score (nSPS) is 13.6. The Labute approximate surface area is 102 Å². The molecule has 98 valence electrons. The fraction of sp³-hybridized carbons (Fsp3) is 0.250. The Balaban J connectivity index is 2.80. The molecule has 0 saturated heterocycles. The minimum atomic E-state index is -4.34. The molecular weight excluding hydrogens is 245 g/mol. The van der Waals surface area contributed by atoms with Crippen LogP contribution in [0.5, 0.6) is 0 Å². The molecule has 0 aliphatic heterocycles. The van der Waals surface area contributed by atoms with Gasteiger partial charge in [-0.2, -0.15) is 13.2 Å². The molecule has 1 unspecified atom stereocenters. The second-order valence-corrected chi connectivity index (χ2v) is 3.77. The first kappa shape index (κ1) is 14.1. The number of allylic oxidation sites excluding steroid dienone is 1. The number of alkyl halides is 3. The van der Waals surface area contributed by atoms with Gasteiger partial charge in [-0.1, -0.05) is 18.2 Å². The van der Waals surface area contributed by atoms with Crippen LogP contribution in [-0.2, 0) is 4.79 Å². The number of primary amides is 1. The molecule has 0 aliphatic carbocycles. The summed E-state index contributed by atoms with van der Waals surface area (Å²) in [6.45, 7) is 1.57. The predicted octanol–water partition coefficient (Wildman–Crippen LogP) is 2.55. The number of carbonyl (C=O) groups excluding carboxylic acids is 1. The monoisotopic (exact) mass is 258 g/mol. The summed E-state index contributed by atoms with van der Waals surface area (Å²) in [6.07, 6.45) is -3.23. The molecule has 0 saturated carbocycles. The Bertz CT molecular complexity index is 455. The Morgan fingerprint density at radius 2 is 2.11 bits per heavy atom. The molecular formula is C12H13F3N2O. The molecule has 3 N–H and O–H groups in total. The number of nitrogens with one attached hydrogen (secondary N) is 1. The summed E-state index contributed by atoms with van der Waals surface area (Å²) in [5, 5.41) is 2.79. The summed E-state index contributed by atoms with van der Waals surface area (Å²) in [5.74, 6) is -0.536. The van der Waals surface area contributed by atoms with Crippen molar-refractivity contribution in [1.82, 2.24) is 0 Å². The standard InChI is InChI=1S/C12H13F3N2O/c1-8(11(16)18)17-10-4-2-3-9(7-10)5-6-12(13,14)15/h2-8,17H,1H3,(H2,16,18)/b6-5+. The van der Waals surface area contributed by atoms with Crippen molar-refractivity contribution in [2.24, 2.45) is 5.73 Å². The van der Waals surface area contributed by atoms with Crippen LogP contribution in [0.4, 0.5) is 18.9 Å². The number of carbonyl (C=O) groups is 1. The van der Waals surface area contributed by atoms with E-state index in [1.54, 1.807) is 19.1 Å². The maximum absolute atomic E-state index is 12.0. The Hall–Kier alpha value is -1.98. The molecule has 3 nitrogen and oxygen atoms in total. The van der Waals surface area contributed by atoms with Crippen molar-refractivity contribution >= 4 is 17.7 Å². The SMILES string of the molecule is CC(Nc1cccc(/C=C/C(F)(F)F)c1)C(N)=O. The number of halogens is 3. The quantitative estimate of drug-likeness (QED) is 0.872. The number of hydrogen-bond acceptors (Lipinski definition) is 2. The molecule has 0 radical (unpaired) electrons. The number of rotatable bonds is 4. The van der Waals surface area contributed by atoms with Gasteiger partial charge in [-0.3, -0.25) is 4.79 Å². The highest BCUT2D eigenvalue weighted by molar-refractivity contribution is 5.82. The van der Waals surface area contributed by atoms with E-state index < -0.39 is 18.1 Å². The number of hydrogen-bond donors (Lipinski definition) is 2. The van der Waals surface area contributed by atoms with E-state index in [0.29, 0.717) is 11.3 Å². The summed E-state index contributed by atoms with van der Waals surface area (Å²) < 4.78 is 36.0. The second-order valence-electron chi connectivity index (χ2n) is 3.77. The molecule has 1 aromatic rings. The molecule has 0 heterocycles. The van der Waals surface area contributed by atoms with Crippen molar-refractivity contribution < 1.29 is 18.0 Å². The molecule has 0 aliphatic rings. The van der Waals surface area contributed by atoms with Gasteiger partial charge < -0.3 is 11.1 Å². The number of amides is 1. The highest BCUT2D eigenvalue weighted by Crippen LogP contribution is 2.19. The molecule has 1 rings (SSSR count). The summed E-state index contributed by atoms with van der Waals surface area (Å²) >= 11 is 0. The van der Waals surface area contributed by atoms with Gasteiger partial charge in [0.2, 0.25) is 5.91 Å². The predicted molar refractivity (Wildman–Crippen MR) is 63.8 cm³/mol. The summed E-state index contributed by atoms with van der Waals surface area (Å²) in [5.41, 5.74) is 5.99. The highest BCUT2D eigenvalue weighted by atomic mass is 19.4. The van der Waals surface area contributed by atoms with Crippen LogP contribution in [0.3, 0.4) is 0 Å². The molecule has 18 heavy (non-hydrogen) atoms. The van der Waals surface area contributed by atoms with E-state index in [9.17, 15) is 18.0 Å². The zero-order valence-corrected chi connectivity index (χ0v) is 9.66. The fourth-order valence-electron chi connectivity index (χ4n) is 1.24. The van der Waals surface area contributed by atoms with Gasteiger partial charge in [-0.25, -0.2) is 0 Å². The van der Waals surface area contributed by atoms with E-state index in [1.165, 1.54) is 12.1 Å². The average Bonchev–Trinajstić information content (AvgIpc) is 2.26. The van der Waals surface area contributed by atoms with Crippen LogP contribution in [0.25, 0.3) is 6.08 Å².